The lowest BCUT2D eigenvalue weighted by molar-refractivity contribution is -0.134. The summed E-state index contributed by atoms with van der Waals surface area (Å²) in [4.78, 5) is 26.8. The maximum absolute atomic E-state index is 13.8. The summed E-state index contributed by atoms with van der Waals surface area (Å²) in [5.74, 6) is -0.425. The van der Waals surface area contributed by atoms with Gasteiger partial charge in [-0.1, -0.05) is 29.8 Å². The molecule has 1 aromatic carbocycles. The molecule has 1 aromatic rings. The first kappa shape index (κ1) is 15.9. The molecule has 114 valence electrons. The van der Waals surface area contributed by atoms with Crippen molar-refractivity contribution in [2.24, 2.45) is 5.92 Å². The SMILES string of the molecule is CC(C)C(=O)N1CCN(c2cc(Br)cc(F)c2C=O)CC1. The van der Waals surface area contributed by atoms with Gasteiger partial charge in [-0.3, -0.25) is 9.59 Å². The van der Waals surface area contributed by atoms with Crippen molar-refractivity contribution < 1.29 is 14.0 Å². The minimum Gasteiger partial charge on any atom is -0.367 e. The Balaban J connectivity index is 2.16. The molecule has 1 aliphatic rings. The van der Waals surface area contributed by atoms with E-state index in [-0.39, 0.29) is 17.4 Å². The van der Waals surface area contributed by atoms with Gasteiger partial charge in [-0.25, -0.2) is 4.39 Å². The fraction of sp³-hybridized carbons (Fsp3) is 0.467. The molecule has 6 heteroatoms. The molecule has 0 atom stereocenters. The summed E-state index contributed by atoms with van der Waals surface area (Å²) in [6, 6.07) is 3.03. The van der Waals surface area contributed by atoms with E-state index in [9.17, 15) is 14.0 Å². The van der Waals surface area contributed by atoms with Gasteiger partial charge < -0.3 is 9.80 Å². The smallest absolute Gasteiger partial charge is 0.225 e. The molecule has 0 spiro atoms. The number of halogens is 2. The van der Waals surface area contributed by atoms with E-state index in [0.29, 0.717) is 42.6 Å². The second kappa shape index (κ2) is 6.56. The van der Waals surface area contributed by atoms with Gasteiger partial charge in [-0.05, 0) is 12.1 Å². The van der Waals surface area contributed by atoms with Gasteiger partial charge in [0.25, 0.3) is 0 Å². The summed E-state index contributed by atoms with van der Waals surface area (Å²) in [5, 5.41) is 0. The highest BCUT2D eigenvalue weighted by Gasteiger charge is 2.25. The number of carbonyl (C=O) groups is 2. The summed E-state index contributed by atoms with van der Waals surface area (Å²) in [5.41, 5.74) is 0.648. The van der Waals surface area contributed by atoms with Gasteiger partial charge in [-0.15, -0.1) is 0 Å². The lowest BCUT2D eigenvalue weighted by atomic mass is 10.1. The van der Waals surface area contributed by atoms with Crippen LogP contribution >= 0.6 is 15.9 Å². The monoisotopic (exact) mass is 356 g/mol. The molecule has 0 bridgehead atoms. The maximum atomic E-state index is 13.8. The van der Waals surface area contributed by atoms with Crippen molar-refractivity contribution in [3.8, 4) is 0 Å². The molecule has 1 amide bonds. The summed E-state index contributed by atoms with van der Waals surface area (Å²) in [7, 11) is 0. The van der Waals surface area contributed by atoms with Crippen LogP contribution in [-0.2, 0) is 4.79 Å². The Morgan fingerprint density at radius 2 is 1.90 bits per heavy atom. The molecule has 0 saturated carbocycles. The van der Waals surface area contributed by atoms with Gasteiger partial charge in [0.15, 0.2) is 6.29 Å². The van der Waals surface area contributed by atoms with E-state index in [2.05, 4.69) is 15.9 Å². The number of amides is 1. The molecule has 4 nitrogen and oxygen atoms in total. The normalized spacial score (nSPS) is 15.5. The van der Waals surface area contributed by atoms with Crippen LogP contribution in [0.4, 0.5) is 10.1 Å². The van der Waals surface area contributed by atoms with Gasteiger partial charge in [0.1, 0.15) is 5.82 Å². The Bertz CT molecular complexity index is 555. The number of carbonyl (C=O) groups excluding carboxylic acids is 2. The fourth-order valence-electron chi connectivity index (χ4n) is 2.48. The van der Waals surface area contributed by atoms with Crippen LogP contribution in [0.5, 0.6) is 0 Å². The standard InChI is InChI=1S/C15H18BrFN2O2/c1-10(2)15(21)19-5-3-18(4-6-19)14-8-11(16)7-13(17)12(14)9-20/h7-10H,3-6H2,1-2H3. The van der Waals surface area contributed by atoms with Gasteiger partial charge in [-0.2, -0.15) is 0 Å². The molecule has 0 N–H and O–H groups in total. The first-order valence-electron chi connectivity index (χ1n) is 6.92. The number of nitrogens with zero attached hydrogens (tertiary/aromatic N) is 2. The number of piperazine rings is 1. The van der Waals surface area contributed by atoms with Crippen LogP contribution in [0.25, 0.3) is 0 Å². The highest BCUT2D eigenvalue weighted by atomic mass is 79.9. The van der Waals surface area contributed by atoms with Crippen molar-refractivity contribution in [2.75, 3.05) is 31.1 Å². The molecule has 1 heterocycles. The van der Waals surface area contributed by atoms with Gasteiger partial charge in [0.05, 0.1) is 11.3 Å². The number of rotatable bonds is 3. The van der Waals surface area contributed by atoms with Crippen molar-refractivity contribution in [1.29, 1.82) is 0 Å². The van der Waals surface area contributed by atoms with Gasteiger partial charge in [0.2, 0.25) is 5.91 Å². The molecule has 1 aliphatic heterocycles. The van der Waals surface area contributed by atoms with E-state index in [1.54, 1.807) is 6.07 Å². The van der Waals surface area contributed by atoms with Crippen LogP contribution < -0.4 is 4.90 Å². The van der Waals surface area contributed by atoms with Crippen molar-refractivity contribution in [2.45, 2.75) is 13.8 Å². The van der Waals surface area contributed by atoms with E-state index in [4.69, 9.17) is 0 Å². The summed E-state index contributed by atoms with van der Waals surface area (Å²) < 4.78 is 14.4. The minimum absolute atomic E-state index is 0.0228. The van der Waals surface area contributed by atoms with Crippen molar-refractivity contribution in [3.63, 3.8) is 0 Å². The summed E-state index contributed by atoms with van der Waals surface area (Å²) >= 11 is 3.25. The number of anilines is 1. The second-order valence-corrected chi connectivity index (χ2v) is 6.32. The highest BCUT2D eigenvalue weighted by Crippen LogP contribution is 2.28. The molecule has 0 unspecified atom stereocenters. The molecular weight excluding hydrogens is 339 g/mol. The lowest BCUT2D eigenvalue weighted by Crippen LogP contribution is -2.50. The van der Waals surface area contributed by atoms with E-state index >= 15 is 0 Å². The third kappa shape index (κ3) is 3.43. The van der Waals surface area contributed by atoms with Crippen LogP contribution in [0.1, 0.15) is 24.2 Å². The van der Waals surface area contributed by atoms with Crippen molar-refractivity contribution >= 4 is 33.8 Å². The highest BCUT2D eigenvalue weighted by molar-refractivity contribution is 9.10. The fourth-order valence-corrected chi connectivity index (χ4v) is 2.90. The van der Waals surface area contributed by atoms with Crippen LogP contribution in [-0.4, -0.2) is 43.3 Å². The molecular formula is C15H18BrFN2O2. The van der Waals surface area contributed by atoms with Gasteiger partial charge >= 0.3 is 0 Å². The zero-order chi connectivity index (χ0) is 15.6. The van der Waals surface area contributed by atoms with E-state index in [1.165, 1.54) is 6.07 Å². The molecule has 0 aliphatic carbocycles. The van der Waals surface area contributed by atoms with E-state index in [0.717, 1.165) is 0 Å². The average molecular weight is 357 g/mol. The zero-order valence-corrected chi connectivity index (χ0v) is 13.7. The third-order valence-corrected chi connectivity index (χ3v) is 4.07. The first-order chi connectivity index (χ1) is 9.93. The Labute approximate surface area is 132 Å². The first-order valence-corrected chi connectivity index (χ1v) is 7.71. The summed E-state index contributed by atoms with van der Waals surface area (Å²) in [6.07, 6.45) is 0.544. The van der Waals surface area contributed by atoms with Crippen LogP contribution in [0, 0.1) is 11.7 Å². The molecule has 1 saturated heterocycles. The number of benzene rings is 1. The predicted molar refractivity (Wildman–Crippen MR) is 83.1 cm³/mol. The zero-order valence-electron chi connectivity index (χ0n) is 12.1. The molecule has 0 radical (unpaired) electrons. The lowest BCUT2D eigenvalue weighted by Gasteiger charge is -2.37. The van der Waals surface area contributed by atoms with E-state index in [1.807, 2.05) is 23.6 Å². The quantitative estimate of drug-likeness (QED) is 0.781. The number of hydrogen-bond acceptors (Lipinski definition) is 3. The number of aldehydes is 1. The van der Waals surface area contributed by atoms with Crippen LogP contribution in [0.15, 0.2) is 16.6 Å². The van der Waals surface area contributed by atoms with Crippen LogP contribution in [0.2, 0.25) is 0 Å². The number of hydrogen-bond donors (Lipinski definition) is 0. The average Bonchev–Trinajstić information content (AvgIpc) is 2.46. The minimum atomic E-state index is -0.532. The van der Waals surface area contributed by atoms with Crippen LogP contribution in [0.3, 0.4) is 0 Å². The Morgan fingerprint density at radius 1 is 1.29 bits per heavy atom. The second-order valence-electron chi connectivity index (χ2n) is 5.41. The van der Waals surface area contributed by atoms with Crippen molar-refractivity contribution in [1.82, 2.24) is 4.90 Å². The molecule has 2 rings (SSSR count). The Hall–Kier alpha value is -1.43. The summed E-state index contributed by atoms with van der Waals surface area (Å²) in [6.45, 7) is 6.11. The maximum Gasteiger partial charge on any atom is 0.225 e. The topological polar surface area (TPSA) is 40.6 Å². The van der Waals surface area contributed by atoms with Crippen molar-refractivity contribution in [3.05, 3.63) is 28.0 Å². The predicted octanol–water partition coefficient (Wildman–Crippen LogP) is 2.71. The van der Waals surface area contributed by atoms with E-state index < -0.39 is 5.82 Å². The Kier molecular flexibility index (Phi) is 4.98. The Morgan fingerprint density at radius 3 is 2.43 bits per heavy atom. The third-order valence-electron chi connectivity index (χ3n) is 3.62. The molecule has 1 fully saturated rings. The van der Waals surface area contributed by atoms with Gasteiger partial charge in [0, 0.05) is 36.6 Å². The molecule has 0 aromatic heterocycles. The largest absolute Gasteiger partial charge is 0.367 e. The molecule has 21 heavy (non-hydrogen) atoms.